The van der Waals surface area contributed by atoms with Crippen molar-refractivity contribution in [2.75, 3.05) is 36.4 Å². The third-order valence-electron chi connectivity index (χ3n) is 5.04. The summed E-state index contributed by atoms with van der Waals surface area (Å²) in [5, 5.41) is 6.80. The van der Waals surface area contributed by atoms with Crippen molar-refractivity contribution in [2.45, 2.75) is 26.8 Å². The number of carbonyl (C=O) groups excluding carboxylic acids is 1. The number of thiophene rings is 1. The van der Waals surface area contributed by atoms with Gasteiger partial charge in [0.1, 0.15) is 17.0 Å². The first-order valence-corrected chi connectivity index (χ1v) is 10.6. The van der Waals surface area contributed by atoms with Gasteiger partial charge >= 0.3 is 0 Å². The Kier molecular flexibility index (Phi) is 5.07. The average molecular weight is 403 g/mol. The van der Waals surface area contributed by atoms with Crippen LogP contribution in [0.1, 0.15) is 17.5 Å². The minimum Gasteiger partial charge on any atom is -0.353 e. The van der Waals surface area contributed by atoms with Gasteiger partial charge in [0, 0.05) is 31.1 Å². The fourth-order valence-corrected chi connectivity index (χ4v) is 4.80. The zero-order chi connectivity index (χ0) is 19.0. The quantitative estimate of drug-likeness (QED) is 0.723. The summed E-state index contributed by atoms with van der Waals surface area (Å²) < 4.78 is 0. The molecule has 4 heterocycles. The zero-order valence-corrected chi connectivity index (χ0v) is 17.2. The summed E-state index contributed by atoms with van der Waals surface area (Å²) in [6, 6.07) is 1.89. The van der Waals surface area contributed by atoms with Gasteiger partial charge in [0.25, 0.3) is 0 Å². The molecule has 0 saturated carbocycles. The number of thiazole rings is 1. The number of aromatic nitrogens is 3. The van der Waals surface area contributed by atoms with E-state index in [2.05, 4.69) is 36.1 Å². The lowest BCUT2D eigenvalue weighted by molar-refractivity contribution is -0.120. The van der Waals surface area contributed by atoms with Gasteiger partial charge in [-0.1, -0.05) is 0 Å². The molecule has 0 bridgehead atoms. The maximum atomic E-state index is 12.6. The van der Waals surface area contributed by atoms with Gasteiger partial charge in [-0.05, 0) is 32.2 Å². The highest BCUT2D eigenvalue weighted by atomic mass is 32.1. The number of fused-ring (bicyclic) bond motifs is 1. The van der Waals surface area contributed by atoms with Crippen LogP contribution < -0.4 is 10.2 Å². The maximum absolute atomic E-state index is 12.6. The van der Waals surface area contributed by atoms with Crippen LogP contribution in [0.3, 0.4) is 0 Å². The molecule has 1 amide bonds. The van der Waals surface area contributed by atoms with Crippen LogP contribution in [0.25, 0.3) is 10.2 Å². The van der Waals surface area contributed by atoms with Gasteiger partial charge in [-0.2, -0.15) is 0 Å². The molecule has 3 aromatic heterocycles. The van der Waals surface area contributed by atoms with Gasteiger partial charge in [0.2, 0.25) is 5.91 Å². The Hall–Kier alpha value is -2.10. The molecule has 1 N–H and O–H groups in total. The van der Waals surface area contributed by atoms with E-state index >= 15 is 0 Å². The van der Waals surface area contributed by atoms with Crippen molar-refractivity contribution in [3.63, 3.8) is 0 Å². The number of carbonyl (C=O) groups is 1. The van der Waals surface area contributed by atoms with E-state index in [9.17, 15) is 4.79 Å². The first kappa shape index (κ1) is 18.3. The summed E-state index contributed by atoms with van der Waals surface area (Å²) in [5.41, 5.74) is 0.973. The Morgan fingerprint density at radius 3 is 2.70 bits per heavy atom. The summed E-state index contributed by atoms with van der Waals surface area (Å²) in [6.45, 7) is 9.26. The van der Waals surface area contributed by atoms with Gasteiger partial charge in [-0.3, -0.25) is 9.69 Å². The summed E-state index contributed by atoms with van der Waals surface area (Å²) in [5.74, 6) is 0.992. The lowest BCUT2D eigenvalue weighted by Crippen LogP contribution is -2.53. The van der Waals surface area contributed by atoms with Crippen molar-refractivity contribution in [2.24, 2.45) is 0 Å². The standard InChI is InChI=1S/C18H22N6OS2/c1-11-13(3)27-18(21-11)22-16(25)12(2)23-5-7-24(8-6-23)15-14-4-9-26-17(14)20-10-19-15/h4,9-10,12H,5-8H2,1-3H3,(H,21,22,25). The number of rotatable bonds is 4. The van der Waals surface area contributed by atoms with Gasteiger partial charge in [0.05, 0.1) is 17.1 Å². The van der Waals surface area contributed by atoms with Crippen molar-refractivity contribution in [3.8, 4) is 0 Å². The Morgan fingerprint density at radius 2 is 2.00 bits per heavy atom. The molecule has 1 atom stereocenters. The average Bonchev–Trinajstić information content (AvgIpc) is 3.27. The first-order chi connectivity index (χ1) is 13.0. The van der Waals surface area contributed by atoms with Crippen molar-refractivity contribution in [3.05, 3.63) is 28.3 Å². The molecule has 142 valence electrons. The number of nitrogens with zero attached hydrogens (tertiary/aromatic N) is 5. The Labute approximate surface area is 166 Å². The molecule has 9 heteroatoms. The Morgan fingerprint density at radius 1 is 1.22 bits per heavy atom. The van der Waals surface area contributed by atoms with Crippen LogP contribution in [0.4, 0.5) is 10.9 Å². The number of hydrogen-bond acceptors (Lipinski definition) is 8. The summed E-state index contributed by atoms with van der Waals surface area (Å²) in [7, 11) is 0. The van der Waals surface area contributed by atoms with Gasteiger partial charge < -0.3 is 10.2 Å². The van der Waals surface area contributed by atoms with Crippen LogP contribution in [-0.4, -0.2) is 58.0 Å². The molecular formula is C18H22N6OS2. The number of aryl methyl sites for hydroxylation is 2. The molecular weight excluding hydrogens is 380 g/mol. The molecule has 3 aromatic rings. The monoisotopic (exact) mass is 402 g/mol. The molecule has 0 aliphatic carbocycles. The molecule has 1 aliphatic rings. The van der Waals surface area contributed by atoms with Crippen LogP contribution in [-0.2, 0) is 4.79 Å². The molecule has 0 spiro atoms. The second kappa shape index (κ2) is 7.49. The molecule has 0 radical (unpaired) electrons. The highest BCUT2D eigenvalue weighted by Gasteiger charge is 2.27. The minimum absolute atomic E-state index is 0.000499. The third-order valence-corrected chi connectivity index (χ3v) is 6.85. The van der Waals surface area contributed by atoms with E-state index < -0.39 is 0 Å². The Bertz CT molecular complexity index is 940. The molecule has 1 aliphatic heterocycles. The molecule has 0 aromatic carbocycles. The van der Waals surface area contributed by atoms with E-state index in [4.69, 9.17) is 0 Å². The van der Waals surface area contributed by atoms with E-state index in [-0.39, 0.29) is 11.9 Å². The van der Waals surface area contributed by atoms with Gasteiger partial charge in [-0.25, -0.2) is 15.0 Å². The van der Waals surface area contributed by atoms with E-state index in [1.165, 1.54) is 11.3 Å². The molecule has 7 nitrogen and oxygen atoms in total. The highest BCUT2D eigenvalue weighted by molar-refractivity contribution is 7.16. The number of hydrogen-bond donors (Lipinski definition) is 1. The normalized spacial score (nSPS) is 16.6. The molecule has 4 rings (SSSR count). The SMILES string of the molecule is Cc1nc(NC(=O)C(C)N2CCN(c3ncnc4sccc34)CC2)sc1C. The lowest BCUT2D eigenvalue weighted by atomic mass is 10.2. The maximum Gasteiger partial charge on any atom is 0.243 e. The van der Waals surface area contributed by atoms with Crippen molar-refractivity contribution in [1.82, 2.24) is 19.9 Å². The van der Waals surface area contributed by atoms with Gasteiger partial charge in [0.15, 0.2) is 5.13 Å². The summed E-state index contributed by atoms with van der Waals surface area (Å²) >= 11 is 3.16. The number of piperazine rings is 1. The fraction of sp³-hybridized carbons (Fsp3) is 0.444. The molecule has 1 unspecified atom stereocenters. The fourth-order valence-electron chi connectivity index (χ4n) is 3.25. The summed E-state index contributed by atoms with van der Waals surface area (Å²) in [6.07, 6.45) is 1.63. The van der Waals surface area contributed by atoms with E-state index in [0.717, 1.165) is 52.8 Å². The predicted molar refractivity (Wildman–Crippen MR) is 111 cm³/mol. The van der Waals surface area contributed by atoms with E-state index in [1.54, 1.807) is 17.7 Å². The highest BCUT2D eigenvalue weighted by Crippen LogP contribution is 2.27. The topological polar surface area (TPSA) is 74.2 Å². The van der Waals surface area contributed by atoms with Crippen molar-refractivity contribution in [1.29, 1.82) is 0 Å². The first-order valence-electron chi connectivity index (χ1n) is 8.95. The van der Waals surface area contributed by atoms with Crippen LogP contribution >= 0.6 is 22.7 Å². The number of nitrogens with one attached hydrogen (secondary N) is 1. The van der Waals surface area contributed by atoms with Crippen molar-refractivity contribution < 1.29 is 4.79 Å². The van der Waals surface area contributed by atoms with E-state index in [1.807, 2.05) is 26.2 Å². The summed E-state index contributed by atoms with van der Waals surface area (Å²) in [4.78, 5) is 32.5. The number of anilines is 2. The van der Waals surface area contributed by atoms with Crippen LogP contribution in [0.15, 0.2) is 17.8 Å². The van der Waals surface area contributed by atoms with E-state index in [0.29, 0.717) is 5.13 Å². The van der Waals surface area contributed by atoms with Crippen LogP contribution in [0.2, 0.25) is 0 Å². The van der Waals surface area contributed by atoms with Gasteiger partial charge in [-0.15, -0.1) is 22.7 Å². The lowest BCUT2D eigenvalue weighted by Gasteiger charge is -2.38. The number of amides is 1. The molecule has 27 heavy (non-hydrogen) atoms. The molecule has 1 fully saturated rings. The van der Waals surface area contributed by atoms with Crippen molar-refractivity contribution >= 4 is 49.7 Å². The minimum atomic E-state index is -0.191. The smallest absolute Gasteiger partial charge is 0.243 e. The second-order valence-electron chi connectivity index (χ2n) is 6.69. The largest absolute Gasteiger partial charge is 0.353 e. The zero-order valence-electron chi connectivity index (χ0n) is 15.6. The Balaban J connectivity index is 1.38. The molecule has 1 saturated heterocycles. The second-order valence-corrected chi connectivity index (χ2v) is 8.78. The predicted octanol–water partition coefficient (Wildman–Crippen LogP) is 2.91. The van der Waals surface area contributed by atoms with Crippen LogP contribution in [0.5, 0.6) is 0 Å². The van der Waals surface area contributed by atoms with Crippen LogP contribution in [0, 0.1) is 13.8 Å². The third kappa shape index (κ3) is 3.67.